The standard InChI is InChI=1S/C29H51O8PSi2/c1-13-19-33-38(31)35-25(29(8,37-38)22-32-26(30)23-17-15-14-16-18-23)20-24(36-40(11,12)28(5,6)7)21-34-39(9,10)27(2,3)4/h13-18,24-25H,1,19-22H2,2-12H3/t24-,25-,29-,38?/m1/s1. The number of hydrogen-bond acceptors (Lipinski definition) is 8. The monoisotopic (exact) mass is 614 g/mol. The lowest BCUT2D eigenvalue weighted by molar-refractivity contribution is -0.0371. The van der Waals surface area contributed by atoms with E-state index in [2.05, 4.69) is 74.3 Å². The van der Waals surface area contributed by atoms with Gasteiger partial charge in [0.2, 0.25) is 0 Å². The molecule has 0 N–H and O–H groups in total. The third kappa shape index (κ3) is 9.20. The minimum absolute atomic E-state index is 0.0116. The Kier molecular flexibility index (Phi) is 11.4. The van der Waals surface area contributed by atoms with Crippen molar-refractivity contribution in [3.63, 3.8) is 0 Å². The van der Waals surface area contributed by atoms with Crippen molar-refractivity contribution in [1.82, 2.24) is 0 Å². The number of rotatable bonds is 13. The smallest absolute Gasteiger partial charge is 0.459 e. The van der Waals surface area contributed by atoms with Crippen LogP contribution in [0, 0.1) is 0 Å². The summed E-state index contributed by atoms with van der Waals surface area (Å²) in [5.41, 5.74) is -0.831. The van der Waals surface area contributed by atoms with Crippen molar-refractivity contribution in [1.29, 1.82) is 0 Å². The van der Waals surface area contributed by atoms with E-state index in [0.29, 0.717) is 18.6 Å². The van der Waals surface area contributed by atoms with Gasteiger partial charge in [0.15, 0.2) is 16.6 Å². The maximum atomic E-state index is 13.5. The molecule has 1 aromatic carbocycles. The second kappa shape index (κ2) is 13.0. The fourth-order valence-electron chi connectivity index (χ4n) is 3.58. The molecule has 8 nitrogen and oxygen atoms in total. The summed E-state index contributed by atoms with van der Waals surface area (Å²) < 4.78 is 50.0. The molecule has 1 aliphatic heterocycles. The molecule has 11 heteroatoms. The summed E-state index contributed by atoms with van der Waals surface area (Å²) in [6.45, 7) is 27.5. The number of ether oxygens (including phenoxy) is 1. The first kappa shape index (κ1) is 35.1. The molecular weight excluding hydrogens is 563 g/mol. The Morgan fingerprint density at radius 3 is 2.17 bits per heavy atom. The van der Waals surface area contributed by atoms with Gasteiger partial charge in [0.25, 0.3) is 0 Å². The van der Waals surface area contributed by atoms with Gasteiger partial charge >= 0.3 is 13.8 Å². The first-order valence-corrected chi connectivity index (χ1v) is 21.2. The zero-order chi connectivity index (χ0) is 30.6. The Morgan fingerprint density at radius 1 is 1.07 bits per heavy atom. The lowest BCUT2D eigenvalue weighted by Crippen LogP contribution is -2.50. The topological polar surface area (TPSA) is 89.5 Å². The van der Waals surface area contributed by atoms with Crippen molar-refractivity contribution >= 4 is 30.4 Å². The highest BCUT2D eigenvalue weighted by molar-refractivity contribution is 7.48. The van der Waals surface area contributed by atoms with Crippen molar-refractivity contribution in [3.8, 4) is 0 Å². The maximum absolute atomic E-state index is 13.5. The SMILES string of the molecule is C=CCOP1(=O)O[C@H](C[C@H](CO[Si](C)(C)C(C)(C)C)O[Si](C)(C)C(C)(C)C)[C@@](C)(COC(=O)c2ccccc2)O1. The van der Waals surface area contributed by atoms with Gasteiger partial charge in [-0.1, -0.05) is 65.8 Å². The van der Waals surface area contributed by atoms with E-state index in [4.69, 9.17) is 27.2 Å². The van der Waals surface area contributed by atoms with Crippen LogP contribution >= 0.6 is 7.82 Å². The summed E-state index contributed by atoms with van der Waals surface area (Å²) in [6, 6.07) is 8.70. The molecule has 1 unspecified atom stereocenters. The van der Waals surface area contributed by atoms with Crippen molar-refractivity contribution < 1.29 is 36.5 Å². The molecule has 1 aromatic rings. The number of hydrogen-bond donors (Lipinski definition) is 0. The van der Waals surface area contributed by atoms with Gasteiger partial charge in [-0.3, -0.25) is 13.6 Å². The van der Waals surface area contributed by atoms with Crippen LogP contribution in [0.25, 0.3) is 0 Å². The van der Waals surface area contributed by atoms with E-state index in [0.717, 1.165) is 0 Å². The van der Waals surface area contributed by atoms with E-state index < -0.39 is 42.1 Å². The van der Waals surface area contributed by atoms with E-state index in [1.54, 1.807) is 31.2 Å². The quantitative estimate of drug-likeness (QED) is 0.0952. The minimum Gasteiger partial charge on any atom is -0.459 e. The molecule has 228 valence electrons. The van der Waals surface area contributed by atoms with Gasteiger partial charge in [0.05, 0.1) is 24.9 Å². The van der Waals surface area contributed by atoms with Crippen LogP contribution in [0.15, 0.2) is 43.0 Å². The molecule has 4 atom stereocenters. The Balaban J connectivity index is 2.35. The Bertz CT molecular complexity index is 1050. The van der Waals surface area contributed by atoms with Crippen LogP contribution in [-0.2, 0) is 31.7 Å². The average molecular weight is 615 g/mol. The third-order valence-electron chi connectivity index (χ3n) is 8.29. The van der Waals surface area contributed by atoms with E-state index in [9.17, 15) is 9.36 Å². The van der Waals surface area contributed by atoms with Crippen molar-refractivity contribution in [2.75, 3.05) is 19.8 Å². The first-order chi connectivity index (χ1) is 18.1. The molecule has 0 radical (unpaired) electrons. The summed E-state index contributed by atoms with van der Waals surface area (Å²) in [6.07, 6.45) is 0.688. The van der Waals surface area contributed by atoms with Gasteiger partial charge in [-0.2, -0.15) is 0 Å². The summed E-state index contributed by atoms with van der Waals surface area (Å²) in [7, 11) is -8.27. The van der Waals surface area contributed by atoms with Gasteiger partial charge < -0.3 is 13.6 Å². The van der Waals surface area contributed by atoms with Gasteiger partial charge in [-0.15, -0.1) is 6.58 Å². The fourth-order valence-corrected chi connectivity index (χ4v) is 7.72. The molecule has 1 aliphatic rings. The summed E-state index contributed by atoms with van der Waals surface area (Å²) >= 11 is 0. The molecule has 40 heavy (non-hydrogen) atoms. The third-order valence-corrected chi connectivity index (χ3v) is 18.9. The highest BCUT2D eigenvalue weighted by Gasteiger charge is 2.56. The van der Waals surface area contributed by atoms with Crippen LogP contribution in [0.2, 0.25) is 36.3 Å². The highest BCUT2D eigenvalue weighted by atomic mass is 31.2. The largest absolute Gasteiger partial charge is 0.476 e. The van der Waals surface area contributed by atoms with Crippen LogP contribution in [0.1, 0.15) is 65.2 Å². The van der Waals surface area contributed by atoms with Crippen LogP contribution in [0.4, 0.5) is 0 Å². The molecule has 0 aliphatic carbocycles. The molecule has 0 saturated carbocycles. The summed E-state index contributed by atoms with van der Waals surface area (Å²) in [5, 5.41) is -0.0119. The molecule has 2 rings (SSSR count). The lowest BCUT2D eigenvalue weighted by Gasteiger charge is -2.42. The Labute approximate surface area is 244 Å². The number of esters is 1. The molecular formula is C29H51O8PSi2. The van der Waals surface area contributed by atoms with Gasteiger partial charge in [0.1, 0.15) is 18.3 Å². The zero-order valence-corrected chi connectivity index (χ0v) is 29.3. The molecule has 1 fully saturated rings. The minimum atomic E-state index is -3.95. The molecule has 0 aromatic heterocycles. The molecule has 1 heterocycles. The molecule has 0 amide bonds. The van der Waals surface area contributed by atoms with Crippen LogP contribution < -0.4 is 0 Å². The van der Waals surface area contributed by atoms with Gasteiger partial charge in [-0.25, -0.2) is 9.36 Å². The highest BCUT2D eigenvalue weighted by Crippen LogP contribution is 2.62. The van der Waals surface area contributed by atoms with Gasteiger partial charge in [0, 0.05) is 6.42 Å². The second-order valence-electron chi connectivity index (χ2n) is 13.8. The number of phosphoric acid groups is 1. The fraction of sp³-hybridized carbons (Fsp3) is 0.690. The normalized spacial score (nSPS) is 25.0. The number of carbonyl (C=O) groups is 1. The maximum Gasteiger partial charge on any atom is 0.476 e. The number of phosphoric ester groups is 1. The van der Waals surface area contributed by atoms with Crippen LogP contribution in [-0.4, -0.2) is 60.2 Å². The Hall–Kier alpha value is -1.11. The van der Waals surface area contributed by atoms with E-state index >= 15 is 0 Å². The van der Waals surface area contributed by atoms with Crippen LogP contribution in [0.3, 0.4) is 0 Å². The Morgan fingerprint density at radius 2 is 1.65 bits per heavy atom. The summed E-state index contributed by atoms with van der Waals surface area (Å²) in [5.74, 6) is -0.506. The molecule has 0 spiro atoms. The molecule has 1 saturated heterocycles. The predicted molar refractivity (Wildman–Crippen MR) is 165 cm³/mol. The zero-order valence-electron chi connectivity index (χ0n) is 26.4. The van der Waals surface area contributed by atoms with E-state index in [1.165, 1.54) is 6.08 Å². The van der Waals surface area contributed by atoms with Gasteiger partial charge in [-0.05, 0) is 55.3 Å². The number of carbonyl (C=O) groups excluding carboxylic acids is 1. The summed E-state index contributed by atoms with van der Waals surface area (Å²) in [4.78, 5) is 12.7. The van der Waals surface area contributed by atoms with Crippen LogP contribution in [0.5, 0.6) is 0 Å². The first-order valence-electron chi connectivity index (χ1n) is 13.9. The lowest BCUT2D eigenvalue weighted by atomic mass is 9.95. The van der Waals surface area contributed by atoms with Crippen molar-refractivity contribution in [2.24, 2.45) is 0 Å². The van der Waals surface area contributed by atoms with E-state index in [-0.39, 0.29) is 29.4 Å². The second-order valence-corrected chi connectivity index (χ2v) is 24.9. The predicted octanol–water partition coefficient (Wildman–Crippen LogP) is 8.13. The average Bonchev–Trinajstić information content (AvgIpc) is 3.08. The van der Waals surface area contributed by atoms with Crippen molar-refractivity contribution in [3.05, 3.63) is 48.6 Å². The van der Waals surface area contributed by atoms with Crippen molar-refractivity contribution in [2.45, 2.75) is 109 Å². The van der Waals surface area contributed by atoms with E-state index in [1.807, 2.05) is 6.07 Å². The molecule has 0 bridgehead atoms. The number of benzene rings is 1.